The third-order valence-corrected chi connectivity index (χ3v) is 6.37. The molecule has 1 aliphatic carbocycles. The summed E-state index contributed by atoms with van der Waals surface area (Å²) in [5, 5.41) is 13.9. The molecule has 3 aromatic rings. The number of phenolic OH excluding ortho intramolecular Hbond substituents is 1. The number of anilines is 1. The summed E-state index contributed by atoms with van der Waals surface area (Å²) in [5.41, 5.74) is 3.14. The third kappa shape index (κ3) is 3.38. The minimum Gasteiger partial charge on any atom is -0.508 e. The van der Waals surface area contributed by atoms with Crippen molar-refractivity contribution in [2.75, 3.05) is 4.90 Å². The number of hydrogen-bond acceptors (Lipinski definition) is 3. The molecule has 1 aliphatic heterocycles. The molecule has 5 rings (SSSR count). The monoisotopic (exact) mass is 404 g/mol. The van der Waals surface area contributed by atoms with E-state index in [-0.39, 0.29) is 17.8 Å². The Hall–Kier alpha value is -2.86. The van der Waals surface area contributed by atoms with Crippen LogP contribution in [-0.4, -0.2) is 19.8 Å². The number of aromatic nitrogens is 2. The minimum absolute atomic E-state index is 0.00963. The fraction of sp³-hybridized carbons (Fsp3) is 0.304. The smallest absolute Gasteiger partial charge is 0.174 e. The van der Waals surface area contributed by atoms with Gasteiger partial charge in [0.1, 0.15) is 5.75 Å². The number of benzene rings is 1. The van der Waals surface area contributed by atoms with Gasteiger partial charge in [0.05, 0.1) is 17.8 Å². The Balaban J connectivity index is 1.56. The molecule has 2 aliphatic rings. The van der Waals surface area contributed by atoms with E-state index in [0.717, 1.165) is 11.4 Å². The summed E-state index contributed by atoms with van der Waals surface area (Å²) >= 11 is 5.74. The number of aromatic hydroxyl groups is 1. The van der Waals surface area contributed by atoms with E-state index < -0.39 is 0 Å². The lowest BCUT2D eigenvalue weighted by atomic mass is 9.98. The van der Waals surface area contributed by atoms with Gasteiger partial charge in [-0.1, -0.05) is 18.9 Å². The second kappa shape index (κ2) is 7.52. The Morgan fingerprint density at radius 1 is 1.03 bits per heavy atom. The van der Waals surface area contributed by atoms with Crippen LogP contribution in [0.25, 0.3) is 0 Å². The first-order chi connectivity index (χ1) is 14.2. The molecule has 0 radical (unpaired) electrons. The molecule has 2 N–H and O–H groups in total. The fourth-order valence-corrected chi connectivity index (χ4v) is 4.97. The van der Waals surface area contributed by atoms with Crippen LogP contribution in [0.15, 0.2) is 67.1 Å². The summed E-state index contributed by atoms with van der Waals surface area (Å²) in [7, 11) is 0. The van der Waals surface area contributed by atoms with Gasteiger partial charge in [0.2, 0.25) is 0 Å². The average molecular weight is 405 g/mol. The normalized spacial score (nSPS) is 22.2. The molecule has 2 atom stereocenters. The van der Waals surface area contributed by atoms with Gasteiger partial charge in [-0.15, -0.1) is 0 Å². The van der Waals surface area contributed by atoms with Gasteiger partial charge in [-0.25, -0.2) is 0 Å². The van der Waals surface area contributed by atoms with E-state index in [1.54, 1.807) is 12.1 Å². The van der Waals surface area contributed by atoms with Gasteiger partial charge in [-0.05, 0) is 73.1 Å². The van der Waals surface area contributed by atoms with Crippen molar-refractivity contribution >= 4 is 23.0 Å². The third-order valence-electron chi connectivity index (χ3n) is 6.05. The largest absolute Gasteiger partial charge is 0.508 e. The lowest BCUT2D eigenvalue weighted by Gasteiger charge is -2.27. The second-order valence-electron chi connectivity index (χ2n) is 7.84. The van der Waals surface area contributed by atoms with E-state index in [9.17, 15) is 5.11 Å². The van der Waals surface area contributed by atoms with Crippen molar-refractivity contribution in [3.8, 4) is 5.75 Å². The van der Waals surface area contributed by atoms with Crippen molar-refractivity contribution in [3.63, 3.8) is 0 Å². The summed E-state index contributed by atoms with van der Waals surface area (Å²) in [5.74, 6) is 0.247. The standard InChI is InChI=1S/C23H24N4OS/c28-19-10-8-18(9-11-19)27-22(16-12-14-26(15-16)17-5-1-2-6-17)21(25-23(27)29)20-7-3-4-13-24-20/h3-4,7-15,17,21-22,28H,1-2,5-6H2,(H,25,29)/t21-,22+/m0/s1. The molecule has 2 fully saturated rings. The molecular formula is C23H24N4OS. The van der Waals surface area contributed by atoms with Crippen LogP contribution < -0.4 is 10.2 Å². The zero-order chi connectivity index (χ0) is 19.8. The maximum Gasteiger partial charge on any atom is 0.174 e. The highest BCUT2D eigenvalue weighted by Gasteiger charge is 2.41. The number of nitrogens with zero attached hydrogens (tertiary/aromatic N) is 3. The van der Waals surface area contributed by atoms with Gasteiger partial charge in [-0.3, -0.25) is 4.98 Å². The van der Waals surface area contributed by atoms with Crippen molar-refractivity contribution in [1.82, 2.24) is 14.9 Å². The molecule has 0 spiro atoms. The zero-order valence-electron chi connectivity index (χ0n) is 16.1. The van der Waals surface area contributed by atoms with Gasteiger partial charge >= 0.3 is 0 Å². The summed E-state index contributed by atoms with van der Waals surface area (Å²) in [4.78, 5) is 6.74. The van der Waals surface area contributed by atoms with E-state index in [4.69, 9.17) is 12.2 Å². The minimum atomic E-state index is -0.0445. The Morgan fingerprint density at radius 3 is 2.55 bits per heavy atom. The van der Waals surface area contributed by atoms with Gasteiger partial charge < -0.3 is 19.9 Å². The molecule has 0 bridgehead atoms. The van der Waals surface area contributed by atoms with Crippen molar-refractivity contribution < 1.29 is 5.11 Å². The summed E-state index contributed by atoms with van der Waals surface area (Å²) in [6.45, 7) is 0. The van der Waals surface area contributed by atoms with Crippen LogP contribution in [-0.2, 0) is 0 Å². The van der Waals surface area contributed by atoms with Gasteiger partial charge in [0, 0.05) is 30.3 Å². The Kier molecular flexibility index (Phi) is 4.72. The molecule has 148 valence electrons. The first kappa shape index (κ1) is 18.2. The van der Waals surface area contributed by atoms with E-state index in [1.807, 2.05) is 36.5 Å². The molecule has 0 unspecified atom stereocenters. The van der Waals surface area contributed by atoms with Crippen LogP contribution >= 0.6 is 12.2 Å². The lowest BCUT2D eigenvalue weighted by molar-refractivity contribution is 0.475. The van der Waals surface area contributed by atoms with Gasteiger partial charge in [-0.2, -0.15) is 0 Å². The van der Waals surface area contributed by atoms with Crippen molar-refractivity contribution in [2.24, 2.45) is 0 Å². The molecule has 1 aromatic carbocycles. The number of phenols is 1. The predicted molar refractivity (Wildman–Crippen MR) is 118 cm³/mol. The first-order valence-electron chi connectivity index (χ1n) is 10.2. The lowest BCUT2D eigenvalue weighted by Crippen LogP contribution is -2.29. The quantitative estimate of drug-likeness (QED) is 0.607. The molecule has 3 heterocycles. The Labute approximate surface area is 176 Å². The Morgan fingerprint density at radius 2 is 1.83 bits per heavy atom. The van der Waals surface area contributed by atoms with Gasteiger partial charge in [0.25, 0.3) is 0 Å². The molecule has 1 saturated heterocycles. The molecule has 29 heavy (non-hydrogen) atoms. The highest BCUT2D eigenvalue weighted by atomic mass is 32.1. The van der Waals surface area contributed by atoms with E-state index in [2.05, 4.69) is 38.2 Å². The Bertz CT molecular complexity index is 995. The number of pyridine rings is 1. The molecule has 1 saturated carbocycles. The molecule has 2 aromatic heterocycles. The zero-order valence-corrected chi connectivity index (χ0v) is 16.9. The molecule has 5 nitrogen and oxygen atoms in total. The van der Waals surface area contributed by atoms with Crippen LogP contribution in [0, 0.1) is 0 Å². The molecular weight excluding hydrogens is 380 g/mol. The van der Waals surface area contributed by atoms with Crippen molar-refractivity contribution in [3.05, 3.63) is 78.4 Å². The SMILES string of the molecule is Oc1ccc(N2C(=S)N[C@@H](c3ccccn3)[C@H]2c2ccn(C3CCCC3)c2)cc1. The number of nitrogens with one attached hydrogen (secondary N) is 1. The topological polar surface area (TPSA) is 53.3 Å². The van der Waals surface area contributed by atoms with Crippen molar-refractivity contribution in [2.45, 2.75) is 43.8 Å². The molecule has 0 amide bonds. The second-order valence-corrected chi connectivity index (χ2v) is 8.23. The van der Waals surface area contributed by atoms with E-state index in [0.29, 0.717) is 11.2 Å². The predicted octanol–water partition coefficient (Wildman–Crippen LogP) is 4.88. The summed E-state index contributed by atoms with van der Waals surface area (Å²) in [6, 6.07) is 16.0. The van der Waals surface area contributed by atoms with Crippen LogP contribution in [0.5, 0.6) is 5.75 Å². The first-order valence-corrected chi connectivity index (χ1v) is 10.6. The number of rotatable bonds is 4. The van der Waals surface area contributed by atoms with Crippen LogP contribution in [0.1, 0.15) is 55.1 Å². The number of hydrogen-bond donors (Lipinski definition) is 2. The van der Waals surface area contributed by atoms with E-state index in [1.165, 1.54) is 31.2 Å². The maximum atomic E-state index is 9.72. The maximum absolute atomic E-state index is 9.72. The summed E-state index contributed by atoms with van der Waals surface area (Å²) < 4.78 is 2.37. The fourth-order valence-electron chi connectivity index (χ4n) is 4.62. The van der Waals surface area contributed by atoms with Gasteiger partial charge in [0.15, 0.2) is 5.11 Å². The van der Waals surface area contributed by atoms with Crippen LogP contribution in [0.3, 0.4) is 0 Å². The van der Waals surface area contributed by atoms with Crippen LogP contribution in [0.4, 0.5) is 5.69 Å². The van der Waals surface area contributed by atoms with E-state index >= 15 is 0 Å². The highest BCUT2D eigenvalue weighted by Crippen LogP contribution is 2.42. The van der Waals surface area contributed by atoms with Crippen molar-refractivity contribution in [1.29, 1.82) is 0 Å². The number of thiocarbonyl (C=S) groups is 1. The summed E-state index contributed by atoms with van der Waals surface area (Å²) in [6.07, 6.45) is 11.4. The van der Waals surface area contributed by atoms with Crippen LogP contribution in [0.2, 0.25) is 0 Å². The highest BCUT2D eigenvalue weighted by molar-refractivity contribution is 7.80. The molecule has 6 heteroatoms. The average Bonchev–Trinajstić information content (AvgIpc) is 3.49.